The van der Waals surface area contributed by atoms with Crippen molar-refractivity contribution in [3.8, 4) is 0 Å². The van der Waals surface area contributed by atoms with Crippen molar-refractivity contribution in [3.05, 3.63) is 35.4 Å². The van der Waals surface area contributed by atoms with Crippen molar-refractivity contribution >= 4 is 0 Å². The summed E-state index contributed by atoms with van der Waals surface area (Å²) in [6.45, 7) is 6.05. The van der Waals surface area contributed by atoms with E-state index in [9.17, 15) is 0 Å². The molecule has 0 aromatic heterocycles. The monoisotopic (exact) mass is 233 g/mol. The zero-order valence-corrected chi connectivity index (χ0v) is 10.9. The molecule has 0 amide bonds. The van der Waals surface area contributed by atoms with Crippen LogP contribution in [0.1, 0.15) is 44.2 Å². The minimum absolute atomic E-state index is 0.515. The van der Waals surface area contributed by atoms with Gasteiger partial charge in [-0.15, -0.1) is 0 Å². The first kappa shape index (κ1) is 12.6. The van der Waals surface area contributed by atoms with Gasteiger partial charge in [-0.2, -0.15) is 0 Å². The maximum Gasteiger partial charge on any atom is 0.0723 e. The number of benzene rings is 1. The van der Waals surface area contributed by atoms with Gasteiger partial charge in [-0.3, -0.25) is 0 Å². The van der Waals surface area contributed by atoms with Crippen LogP contribution in [0.2, 0.25) is 0 Å². The Morgan fingerprint density at radius 3 is 2.53 bits per heavy atom. The zero-order valence-electron chi connectivity index (χ0n) is 10.9. The molecule has 1 aromatic rings. The Bertz CT molecular complexity index is 345. The van der Waals surface area contributed by atoms with Gasteiger partial charge in [0.1, 0.15) is 0 Å². The molecule has 0 unspecified atom stereocenters. The van der Waals surface area contributed by atoms with Crippen molar-refractivity contribution in [2.75, 3.05) is 0 Å². The summed E-state index contributed by atoms with van der Waals surface area (Å²) in [5, 5.41) is 3.46. The number of nitrogens with one attached hydrogen (secondary N) is 1. The number of rotatable bonds is 6. The summed E-state index contributed by atoms with van der Waals surface area (Å²) in [5.41, 5.74) is 2.69. The van der Waals surface area contributed by atoms with Crippen LogP contribution in [0, 0.1) is 0 Å². The average molecular weight is 233 g/mol. The molecule has 0 heterocycles. The third-order valence-corrected chi connectivity index (χ3v) is 3.35. The van der Waals surface area contributed by atoms with E-state index in [0.717, 1.165) is 13.2 Å². The van der Waals surface area contributed by atoms with E-state index in [-0.39, 0.29) is 0 Å². The minimum Gasteiger partial charge on any atom is -0.374 e. The van der Waals surface area contributed by atoms with Crippen LogP contribution in [0.5, 0.6) is 0 Å². The zero-order chi connectivity index (χ0) is 12.1. The lowest BCUT2D eigenvalue weighted by atomic mass is 9.96. The first-order valence-electron chi connectivity index (χ1n) is 6.67. The summed E-state index contributed by atoms with van der Waals surface area (Å²) in [4.78, 5) is 0. The lowest BCUT2D eigenvalue weighted by Gasteiger charge is -2.26. The second kappa shape index (κ2) is 6.18. The van der Waals surface area contributed by atoms with Crippen LogP contribution >= 0.6 is 0 Å². The molecule has 2 rings (SSSR count). The SMILES string of the molecule is CC(C)NCc1ccccc1COC1CCC1. The largest absolute Gasteiger partial charge is 0.374 e. The molecule has 0 spiro atoms. The Hall–Kier alpha value is -0.860. The summed E-state index contributed by atoms with van der Waals surface area (Å²) < 4.78 is 5.88. The van der Waals surface area contributed by atoms with Gasteiger partial charge < -0.3 is 10.1 Å². The smallest absolute Gasteiger partial charge is 0.0723 e. The summed E-state index contributed by atoms with van der Waals surface area (Å²) >= 11 is 0. The Labute approximate surface area is 104 Å². The topological polar surface area (TPSA) is 21.3 Å². The third-order valence-electron chi connectivity index (χ3n) is 3.35. The second-order valence-corrected chi connectivity index (χ2v) is 5.17. The van der Waals surface area contributed by atoms with E-state index < -0.39 is 0 Å². The fourth-order valence-corrected chi connectivity index (χ4v) is 1.93. The molecule has 1 N–H and O–H groups in total. The molecule has 94 valence electrons. The lowest BCUT2D eigenvalue weighted by Crippen LogP contribution is -2.24. The molecule has 17 heavy (non-hydrogen) atoms. The summed E-state index contributed by atoms with van der Waals surface area (Å²) in [6, 6.07) is 9.09. The molecule has 0 bridgehead atoms. The summed E-state index contributed by atoms with van der Waals surface area (Å²) in [5.74, 6) is 0. The van der Waals surface area contributed by atoms with Gasteiger partial charge >= 0.3 is 0 Å². The molecule has 2 nitrogen and oxygen atoms in total. The molecule has 0 aliphatic heterocycles. The fourth-order valence-electron chi connectivity index (χ4n) is 1.93. The number of hydrogen-bond acceptors (Lipinski definition) is 2. The maximum absolute atomic E-state index is 5.88. The van der Waals surface area contributed by atoms with Crippen LogP contribution in [0.4, 0.5) is 0 Å². The molecule has 2 heteroatoms. The normalized spacial score (nSPS) is 16.2. The first-order valence-corrected chi connectivity index (χ1v) is 6.67. The average Bonchev–Trinajstić information content (AvgIpc) is 2.25. The van der Waals surface area contributed by atoms with E-state index in [0.29, 0.717) is 12.1 Å². The minimum atomic E-state index is 0.515. The van der Waals surface area contributed by atoms with Crippen molar-refractivity contribution in [1.82, 2.24) is 5.32 Å². The van der Waals surface area contributed by atoms with Crippen LogP contribution in [0.25, 0.3) is 0 Å². The van der Waals surface area contributed by atoms with Gasteiger partial charge in [0.15, 0.2) is 0 Å². The molecule has 1 fully saturated rings. The van der Waals surface area contributed by atoms with Crippen molar-refractivity contribution in [2.45, 2.75) is 58.4 Å². The van der Waals surface area contributed by atoms with E-state index in [2.05, 4.69) is 43.4 Å². The van der Waals surface area contributed by atoms with Crippen molar-refractivity contribution in [1.29, 1.82) is 0 Å². The predicted octanol–water partition coefficient (Wildman–Crippen LogP) is 3.25. The van der Waals surface area contributed by atoms with E-state index in [1.807, 2.05) is 0 Å². The van der Waals surface area contributed by atoms with Crippen molar-refractivity contribution in [3.63, 3.8) is 0 Å². The van der Waals surface area contributed by atoms with Crippen LogP contribution in [-0.2, 0) is 17.9 Å². The molecular weight excluding hydrogens is 210 g/mol. The predicted molar refractivity (Wildman–Crippen MR) is 70.8 cm³/mol. The van der Waals surface area contributed by atoms with Crippen molar-refractivity contribution in [2.24, 2.45) is 0 Å². The van der Waals surface area contributed by atoms with Gasteiger partial charge in [-0.05, 0) is 30.4 Å². The van der Waals surface area contributed by atoms with E-state index in [1.54, 1.807) is 0 Å². The molecule has 1 aliphatic carbocycles. The standard InChI is InChI=1S/C15H23NO/c1-12(2)16-10-13-6-3-4-7-14(13)11-17-15-8-5-9-15/h3-4,6-7,12,15-16H,5,8-11H2,1-2H3. The molecule has 0 atom stereocenters. The third kappa shape index (κ3) is 3.83. The molecule has 1 aliphatic rings. The Morgan fingerprint density at radius 2 is 1.94 bits per heavy atom. The first-order chi connectivity index (χ1) is 8.25. The van der Waals surface area contributed by atoms with Crippen LogP contribution < -0.4 is 5.32 Å². The van der Waals surface area contributed by atoms with Gasteiger partial charge in [0, 0.05) is 12.6 Å². The summed E-state index contributed by atoms with van der Waals surface area (Å²) in [7, 11) is 0. The number of hydrogen-bond donors (Lipinski definition) is 1. The molecule has 1 aromatic carbocycles. The second-order valence-electron chi connectivity index (χ2n) is 5.17. The molecule has 0 saturated heterocycles. The highest BCUT2D eigenvalue weighted by Crippen LogP contribution is 2.23. The molecule has 1 saturated carbocycles. The Kier molecular flexibility index (Phi) is 4.57. The van der Waals surface area contributed by atoms with Crippen molar-refractivity contribution < 1.29 is 4.74 Å². The van der Waals surface area contributed by atoms with Crippen LogP contribution in [0.15, 0.2) is 24.3 Å². The lowest BCUT2D eigenvalue weighted by molar-refractivity contribution is -0.00897. The highest BCUT2D eigenvalue weighted by Gasteiger charge is 2.18. The Morgan fingerprint density at radius 1 is 1.24 bits per heavy atom. The highest BCUT2D eigenvalue weighted by atomic mass is 16.5. The Balaban J connectivity index is 1.89. The van der Waals surface area contributed by atoms with E-state index in [1.165, 1.54) is 30.4 Å². The highest BCUT2D eigenvalue weighted by molar-refractivity contribution is 5.26. The van der Waals surface area contributed by atoms with Crippen LogP contribution in [0.3, 0.4) is 0 Å². The fraction of sp³-hybridized carbons (Fsp3) is 0.600. The number of ether oxygens (including phenoxy) is 1. The van der Waals surface area contributed by atoms with Crippen LogP contribution in [-0.4, -0.2) is 12.1 Å². The van der Waals surface area contributed by atoms with E-state index >= 15 is 0 Å². The summed E-state index contributed by atoms with van der Waals surface area (Å²) in [6.07, 6.45) is 4.33. The van der Waals surface area contributed by atoms with E-state index in [4.69, 9.17) is 4.74 Å². The van der Waals surface area contributed by atoms with Gasteiger partial charge in [0.2, 0.25) is 0 Å². The van der Waals surface area contributed by atoms with Gasteiger partial charge in [-0.25, -0.2) is 0 Å². The van der Waals surface area contributed by atoms with Gasteiger partial charge in [0.05, 0.1) is 12.7 Å². The molecular formula is C15H23NO. The maximum atomic E-state index is 5.88. The van der Waals surface area contributed by atoms with Gasteiger partial charge in [-0.1, -0.05) is 38.1 Å². The van der Waals surface area contributed by atoms with Gasteiger partial charge in [0.25, 0.3) is 0 Å². The quantitative estimate of drug-likeness (QED) is 0.814. The molecule has 0 radical (unpaired) electrons.